The highest BCUT2D eigenvalue weighted by Crippen LogP contribution is 2.22. The number of nitrogens with one attached hydrogen (secondary N) is 1. The molecule has 4 heteroatoms. The van der Waals surface area contributed by atoms with Crippen LogP contribution >= 0.6 is 15.9 Å². The first kappa shape index (κ1) is 12.9. The minimum Gasteiger partial charge on any atom is -0.508 e. The molecule has 0 saturated heterocycles. The molecule has 0 bridgehead atoms. The predicted molar refractivity (Wildman–Crippen MR) is 74.3 cm³/mol. The second-order valence-electron chi connectivity index (χ2n) is 4.11. The lowest BCUT2D eigenvalue weighted by Gasteiger charge is -2.09. The van der Waals surface area contributed by atoms with E-state index in [2.05, 4.69) is 21.2 Å². The standard InChI is InChI=1S/C14H13BrFNO/c1-9-2-5-14(18)10(6-9)8-17-11-3-4-13(16)12(15)7-11/h2-7,17-18H,8H2,1H3. The lowest BCUT2D eigenvalue weighted by molar-refractivity contribution is 0.469. The summed E-state index contributed by atoms with van der Waals surface area (Å²) in [6, 6.07) is 10.2. The monoisotopic (exact) mass is 309 g/mol. The zero-order valence-electron chi connectivity index (χ0n) is 9.87. The molecule has 0 aromatic heterocycles. The van der Waals surface area contributed by atoms with Crippen LogP contribution < -0.4 is 5.32 Å². The summed E-state index contributed by atoms with van der Waals surface area (Å²) in [7, 11) is 0. The van der Waals surface area contributed by atoms with Crippen molar-refractivity contribution in [1.29, 1.82) is 0 Å². The molecule has 0 aliphatic rings. The van der Waals surface area contributed by atoms with E-state index in [0.717, 1.165) is 16.8 Å². The summed E-state index contributed by atoms with van der Waals surface area (Å²) in [5.74, 6) is -0.0340. The van der Waals surface area contributed by atoms with Crippen LogP contribution in [0.5, 0.6) is 5.75 Å². The molecular formula is C14H13BrFNO. The van der Waals surface area contributed by atoms with Crippen LogP contribution in [0.15, 0.2) is 40.9 Å². The SMILES string of the molecule is Cc1ccc(O)c(CNc2ccc(F)c(Br)c2)c1. The van der Waals surface area contributed by atoms with Crippen LogP contribution in [0.2, 0.25) is 0 Å². The number of phenolic OH excluding ortho intramolecular Hbond substituents is 1. The van der Waals surface area contributed by atoms with Gasteiger partial charge in [-0.05, 0) is 47.1 Å². The van der Waals surface area contributed by atoms with Crippen LogP contribution in [0.4, 0.5) is 10.1 Å². The number of aromatic hydroxyl groups is 1. The van der Waals surface area contributed by atoms with Gasteiger partial charge in [0.25, 0.3) is 0 Å². The molecule has 2 nitrogen and oxygen atoms in total. The molecule has 2 aromatic rings. The van der Waals surface area contributed by atoms with Crippen molar-refractivity contribution in [2.45, 2.75) is 13.5 Å². The third-order valence-electron chi connectivity index (χ3n) is 2.64. The maximum atomic E-state index is 13.1. The molecule has 0 saturated carbocycles. The van der Waals surface area contributed by atoms with Gasteiger partial charge in [0.15, 0.2) is 0 Å². The van der Waals surface area contributed by atoms with Crippen molar-refractivity contribution in [2.24, 2.45) is 0 Å². The molecule has 0 aliphatic carbocycles. The van der Waals surface area contributed by atoms with Crippen molar-refractivity contribution in [3.05, 3.63) is 57.8 Å². The molecule has 2 N–H and O–H groups in total. The molecule has 0 spiro atoms. The Morgan fingerprint density at radius 1 is 1.22 bits per heavy atom. The van der Waals surface area contributed by atoms with Gasteiger partial charge in [-0.2, -0.15) is 0 Å². The minimum absolute atomic E-state index is 0.259. The summed E-state index contributed by atoms with van der Waals surface area (Å²) in [5, 5.41) is 12.8. The first-order chi connectivity index (χ1) is 8.56. The molecule has 0 unspecified atom stereocenters. The summed E-state index contributed by atoms with van der Waals surface area (Å²) >= 11 is 3.13. The first-order valence-electron chi connectivity index (χ1n) is 5.53. The second kappa shape index (κ2) is 5.40. The van der Waals surface area contributed by atoms with Crippen molar-refractivity contribution < 1.29 is 9.50 Å². The Labute approximate surface area is 114 Å². The number of hydrogen-bond donors (Lipinski definition) is 2. The fraction of sp³-hybridized carbons (Fsp3) is 0.143. The van der Waals surface area contributed by atoms with E-state index in [0.29, 0.717) is 11.0 Å². The van der Waals surface area contributed by atoms with Gasteiger partial charge in [0, 0.05) is 17.8 Å². The van der Waals surface area contributed by atoms with E-state index >= 15 is 0 Å². The molecule has 0 amide bonds. The third kappa shape index (κ3) is 3.01. The van der Waals surface area contributed by atoms with Crippen LogP contribution in [0.3, 0.4) is 0 Å². The third-order valence-corrected chi connectivity index (χ3v) is 3.25. The summed E-state index contributed by atoms with van der Waals surface area (Å²) in [5.41, 5.74) is 2.70. The maximum absolute atomic E-state index is 13.1. The molecule has 18 heavy (non-hydrogen) atoms. The topological polar surface area (TPSA) is 32.3 Å². The van der Waals surface area contributed by atoms with Gasteiger partial charge in [-0.1, -0.05) is 17.7 Å². The summed E-state index contributed by atoms with van der Waals surface area (Å²) in [6.45, 7) is 2.46. The molecule has 0 radical (unpaired) electrons. The van der Waals surface area contributed by atoms with Gasteiger partial charge in [0.05, 0.1) is 4.47 Å². The highest BCUT2D eigenvalue weighted by Gasteiger charge is 2.03. The number of rotatable bonds is 3. The lowest BCUT2D eigenvalue weighted by atomic mass is 10.1. The smallest absolute Gasteiger partial charge is 0.137 e. The largest absolute Gasteiger partial charge is 0.508 e. The van der Waals surface area contributed by atoms with Crippen LogP contribution in [0, 0.1) is 12.7 Å². The van der Waals surface area contributed by atoms with Crippen molar-refractivity contribution in [1.82, 2.24) is 0 Å². The van der Waals surface area contributed by atoms with Crippen molar-refractivity contribution in [3.8, 4) is 5.75 Å². The Morgan fingerprint density at radius 3 is 2.72 bits per heavy atom. The zero-order chi connectivity index (χ0) is 13.1. The number of phenols is 1. The Hall–Kier alpha value is -1.55. The number of hydrogen-bond acceptors (Lipinski definition) is 2. The van der Waals surface area contributed by atoms with Gasteiger partial charge >= 0.3 is 0 Å². The van der Waals surface area contributed by atoms with Gasteiger partial charge in [-0.15, -0.1) is 0 Å². The van der Waals surface area contributed by atoms with Crippen LogP contribution in [0.1, 0.15) is 11.1 Å². The molecule has 0 aliphatic heterocycles. The molecule has 2 aromatic carbocycles. The molecule has 0 heterocycles. The van der Waals surface area contributed by atoms with Crippen LogP contribution in [0.25, 0.3) is 0 Å². The normalized spacial score (nSPS) is 10.4. The Bertz CT molecular complexity index is 572. The van der Waals surface area contributed by atoms with Gasteiger partial charge in [0.1, 0.15) is 11.6 Å². The maximum Gasteiger partial charge on any atom is 0.137 e. The van der Waals surface area contributed by atoms with E-state index in [1.54, 1.807) is 18.2 Å². The number of aryl methyl sites for hydroxylation is 1. The van der Waals surface area contributed by atoms with Gasteiger partial charge in [-0.25, -0.2) is 4.39 Å². The van der Waals surface area contributed by atoms with Crippen molar-refractivity contribution in [3.63, 3.8) is 0 Å². The molecule has 0 atom stereocenters. The van der Waals surface area contributed by atoms with Crippen LogP contribution in [-0.2, 0) is 6.54 Å². The van der Waals surface area contributed by atoms with Gasteiger partial charge in [-0.3, -0.25) is 0 Å². The lowest BCUT2D eigenvalue weighted by Crippen LogP contribution is -2.00. The van der Waals surface area contributed by atoms with E-state index < -0.39 is 0 Å². The average Bonchev–Trinajstić information content (AvgIpc) is 2.34. The average molecular weight is 310 g/mol. The highest BCUT2D eigenvalue weighted by molar-refractivity contribution is 9.10. The number of halogens is 2. The summed E-state index contributed by atoms with van der Waals surface area (Å²) in [6.07, 6.45) is 0. The molecule has 0 fully saturated rings. The number of anilines is 1. The molecular weight excluding hydrogens is 297 g/mol. The zero-order valence-corrected chi connectivity index (χ0v) is 11.5. The quantitative estimate of drug-likeness (QED) is 0.890. The van der Waals surface area contributed by atoms with Gasteiger partial charge in [0.2, 0.25) is 0 Å². The second-order valence-corrected chi connectivity index (χ2v) is 4.97. The molecule has 94 valence electrons. The summed E-state index contributed by atoms with van der Waals surface area (Å²) in [4.78, 5) is 0. The van der Waals surface area contributed by atoms with E-state index in [4.69, 9.17) is 0 Å². The van der Waals surface area contributed by atoms with Crippen LogP contribution in [-0.4, -0.2) is 5.11 Å². The Balaban J connectivity index is 2.11. The van der Waals surface area contributed by atoms with Crippen molar-refractivity contribution in [2.75, 3.05) is 5.32 Å². The molecule has 2 rings (SSSR count). The first-order valence-corrected chi connectivity index (χ1v) is 6.33. The highest BCUT2D eigenvalue weighted by atomic mass is 79.9. The van der Waals surface area contributed by atoms with E-state index in [1.807, 2.05) is 19.1 Å². The van der Waals surface area contributed by atoms with E-state index in [9.17, 15) is 9.50 Å². The van der Waals surface area contributed by atoms with E-state index in [-0.39, 0.29) is 11.6 Å². The Morgan fingerprint density at radius 2 is 2.00 bits per heavy atom. The summed E-state index contributed by atoms with van der Waals surface area (Å²) < 4.78 is 13.5. The van der Waals surface area contributed by atoms with Gasteiger partial charge < -0.3 is 10.4 Å². The van der Waals surface area contributed by atoms with Crippen molar-refractivity contribution >= 4 is 21.6 Å². The fourth-order valence-electron chi connectivity index (χ4n) is 1.66. The predicted octanol–water partition coefficient (Wildman–Crippen LogP) is 4.21. The van der Waals surface area contributed by atoms with E-state index in [1.165, 1.54) is 6.07 Å². The fourth-order valence-corrected chi connectivity index (χ4v) is 2.04. The minimum atomic E-state index is -0.293. The number of benzene rings is 2. The Kier molecular flexibility index (Phi) is 3.87.